The summed E-state index contributed by atoms with van der Waals surface area (Å²) in [5.74, 6) is 0.942. The normalized spacial score (nSPS) is 25.0. The summed E-state index contributed by atoms with van der Waals surface area (Å²) in [6.07, 6.45) is 3.09. The molecule has 0 radical (unpaired) electrons. The average Bonchev–Trinajstić information content (AvgIpc) is 3.10. The Hall–Kier alpha value is -1.70. The molecule has 24 heavy (non-hydrogen) atoms. The highest BCUT2D eigenvalue weighted by molar-refractivity contribution is 5.81. The summed E-state index contributed by atoms with van der Waals surface area (Å²) in [5.41, 5.74) is 6.57. The Morgan fingerprint density at radius 3 is 2.75 bits per heavy atom. The van der Waals surface area contributed by atoms with Gasteiger partial charge in [-0.2, -0.15) is 0 Å². The van der Waals surface area contributed by atoms with Gasteiger partial charge in [0.1, 0.15) is 11.9 Å². The maximum atomic E-state index is 12.1. The predicted molar refractivity (Wildman–Crippen MR) is 92.7 cm³/mol. The molecule has 3 heterocycles. The number of hydrogen-bond acceptors (Lipinski definition) is 6. The third kappa shape index (κ3) is 4.23. The van der Waals surface area contributed by atoms with Gasteiger partial charge in [0, 0.05) is 45.5 Å². The lowest BCUT2D eigenvalue weighted by molar-refractivity contribution is -0.132. The summed E-state index contributed by atoms with van der Waals surface area (Å²) in [6.45, 7) is 5.07. The molecule has 2 saturated heterocycles. The Labute approximate surface area is 143 Å². The highest BCUT2D eigenvalue weighted by Crippen LogP contribution is 2.19. The van der Waals surface area contributed by atoms with Crippen molar-refractivity contribution >= 4 is 11.7 Å². The Morgan fingerprint density at radius 2 is 2.12 bits per heavy atom. The van der Waals surface area contributed by atoms with Crippen LogP contribution >= 0.6 is 0 Å². The SMILES string of the molecule is CN1CCN(c2ccc(CNC(=O)[C@@H]3CC[C@H](CN)O3)cn2)CC1. The van der Waals surface area contributed by atoms with Gasteiger partial charge in [0.25, 0.3) is 0 Å². The first-order valence-electron chi connectivity index (χ1n) is 8.67. The highest BCUT2D eigenvalue weighted by atomic mass is 16.5. The van der Waals surface area contributed by atoms with Crippen molar-refractivity contribution < 1.29 is 9.53 Å². The van der Waals surface area contributed by atoms with Crippen LogP contribution in [0.4, 0.5) is 5.82 Å². The lowest BCUT2D eigenvalue weighted by atomic mass is 10.2. The van der Waals surface area contributed by atoms with Crippen LogP contribution in [0, 0.1) is 0 Å². The van der Waals surface area contributed by atoms with Gasteiger partial charge in [0.2, 0.25) is 5.91 Å². The molecular weight excluding hydrogens is 306 g/mol. The summed E-state index contributed by atoms with van der Waals surface area (Å²) in [5, 5.41) is 2.93. The Kier molecular flexibility index (Phi) is 5.65. The van der Waals surface area contributed by atoms with E-state index in [1.807, 2.05) is 18.3 Å². The number of carbonyl (C=O) groups excluding carboxylic acids is 1. The third-order valence-corrected chi connectivity index (χ3v) is 4.77. The van der Waals surface area contributed by atoms with Crippen molar-refractivity contribution in [1.29, 1.82) is 0 Å². The molecule has 3 rings (SSSR count). The van der Waals surface area contributed by atoms with Crippen LogP contribution in [0.15, 0.2) is 18.3 Å². The second kappa shape index (κ2) is 7.92. The van der Waals surface area contributed by atoms with E-state index in [2.05, 4.69) is 27.1 Å². The van der Waals surface area contributed by atoms with E-state index in [-0.39, 0.29) is 18.1 Å². The van der Waals surface area contributed by atoms with E-state index in [9.17, 15) is 4.79 Å². The smallest absolute Gasteiger partial charge is 0.249 e. The number of piperazine rings is 1. The minimum atomic E-state index is -0.365. The Bertz CT molecular complexity index is 542. The van der Waals surface area contributed by atoms with Crippen molar-refractivity contribution in [3.63, 3.8) is 0 Å². The van der Waals surface area contributed by atoms with Crippen molar-refractivity contribution in [2.75, 3.05) is 44.7 Å². The van der Waals surface area contributed by atoms with Gasteiger partial charge in [-0.1, -0.05) is 6.07 Å². The van der Waals surface area contributed by atoms with Crippen LogP contribution in [0.25, 0.3) is 0 Å². The van der Waals surface area contributed by atoms with E-state index in [1.54, 1.807) is 0 Å². The minimum Gasteiger partial charge on any atom is -0.364 e. The van der Waals surface area contributed by atoms with Crippen LogP contribution in [0.3, 0.4) is 0 Å². The number of ether oxygens (including phenoxy) is 1. The number of aromatic nitrogens is 1. The maximum absolute atomic E-state index is 12.1. The molecule has 7 nitrogen and oxygen atoms in total. The van der Waals surface area contributed by atoms with E-state index in [0.717, 1.165) is 50.4 Å². The summed E-state index contributed by atoms with van der Waals surface area (Å²) in [4.78, 5) is 21.3. The lowest BCUT2D eigenvalue weighted by Gasteiger charge is -2.33. The van der Waals surface area contributed by atoms with Gasteiger partial charge in [-0.3, -0.25) is 4.79 Å². The first-order valence-corrected chi connectivity index (χ1v) is 8.67. The van der Waals surface area contributed by atoms with Gasteiger partial charge in [-0.25, -0.2) is 4.98 Å². The van der Waals surface area contributed by atoms with Crippen molar-refractivity contribution in [2.24, 2.45) is 5.73 Å². The number of pyridine rings is 1. The molecule has 1 amide bonds. The van der Waals surface area contributed by atoms with Crippen LogP contribution < -0.4 is 16.0 Å². The molecule has 2 aliphatic rings. The number of nitrogens with one attached hydrogen (secondary N) is 1. The zero-order chi connectivity index (χ0) is 16.9. The molecule has 0 saturated carbocycles. The average molecular weight is 333 g/mol. The molecule has 132 valence electrons. The Balaban J connectivity index is 1.47. The third-order valence-electron chi connectivity index (χ3n) is 4.77. The molecule has 7 heteroatoms. The molecule has 3 N–H and O–H groups in total. The molecule has 2 fully saturated rings. The monoisotopic (exact) mass is 333 g/mol. The first-order chi connectivity index (χ1) is 11.7. The number of hydrogen-bond donors (Lipinski definition) is 2. The summed E-state index contributed by atoms with van der Waals surface area (Å²) < 4.78 is 5.60. The number of carbonyl (C=O) groups is 1. The summed E-state index contributed by atoms with van der Waals surface area (Å²) in [6, 6.07) is 4.06. The molecule has 0 unspecified atom stereocenters. The topological polar surface area (TPSA) is 83.7 Å². The van der Waals surface area contributed by atoms with Crippen LogP contribution in [0.5, 0.6) is 0 Å². The predicted octanol–water partition coefficient (Wildman–Crippen LogP) is -0.0441. The van der Waals surface area contributed by atoms with E-state index < -0.39 is 0 Å². The zero-order valence-corrected chi connectivity index (χ0v) is 14.3. The van der Waals surface area contributed by atoms with Crippen LogP contribution in [0.2, 0.25) is 0 Å². The molecule has 1 aromatic heterocycles. The van der Waals surface area contributed by atoms with Crippen LogP contribution in [-0.4, -0.2) is 67.8 Å². The van der Waals surface area contributed by atoms with E-state index in [0.29, 0.717) is 13.1 Å². The molecule has 1 aromatic rings. The molecule has 2 aliphatic heterocycles. The zero-order valence-electron chi connectivity index (χ0n) is 14.3. The van der Waals surface area contributed by atoms with Gasteiger partial charge < -0.3 is 25.6 Å². The van der Waals surface area contributed by atoms with Gasteiger partial charge in [0.15, 0.2) is 0 Å². The quantitative estimate of drug-likeness (QED) is 0.786. The summed E-state index contributed by atoms with van der Waals surface area (Å²) in [7, 11) is 2.14. The number of nitrogens with zero attached hydrogens (tertiary/aromatic N) is 3. The van der Waals surface area contributed by atoms with E-state index in [1.165, 1.54) is 0 Å². The van der Waals surface area contributed by atoms with Crippen molar-refractivity contribution in [3.05, 3.63) is 23.9 Å². The standard InChI is InChI=1S/C17H27N5O2/c1-21-6-8-22(9-7-21)16-5-2-13(11-19-16)12-20-17(23)15-4-3-14(10-18)24-15/h2,5,11,14-15H,3-4,6-10,12,18H2,1H3,(H,20,23)/t14-,15+/m1/s1. The molecule has 0 aromatic carbocycles. The molecule has 2 atom stereocenters. The molecule has 0 spiro atoms. The number of likely N-dealkylation sites (N-methyl/N-ethyl adjacent to an activating group) is 1. The fraction of sp³-hybridized carbons (Fsp3) is 0.647. The molecular formula is C17H27N5O2. The second-order valence-corrected chi connectivity index (χ2v) is 6.59. The van der Waals surface area contributed by atoms with Gasteiger partial charge in [0.05, 0.1) is 6.10 Å². The number of rotatable bonds is 5. The second-order valence-electron chi connectivity index (χ2n) is 6.59. The largest absolute Gasteiger partial charge is 0.364 e. The van der Waals surface area contributed by atoms with E-state index >= 15 is 0 Å². The van der Waals surface area contributed by atoms with Crippen LogP contribution in [0.1, 0.15) is 18.4 Å². The van der Waals surface area contributed by atoms with Crippen molar-refractivity contribution in [2.45, 2.75) is 31.6 Å². The molecule has 0 bridgehead atoms. The fourth-order valence-corrected chi connectivity index (χ4v) is 3.12. The minimum absolute atomic E-state index is 0.0188. The highest BCUT2D eigenvalue weighted by Gasteiger charge is 2.29. The van der Waals surface area contributed by atoms with Crippen molar-refractivity contribution in [3.8, 4) is 0 Å². The first kappa shape index (κ1) is 17.1. The van der Waals surface area contributed by atoms with Crippen LogP contribution in [-0.2, 0) is 16.1 Å². The fourth-order valence-electron chi connectivity index (χ4n) is 3.12. The van der Waals surface area contributed by atoms with E-state index in [4.69, 9.17) is 10.5 Å². The summed E-state index contributed by atoms with van der Waals surface area (Å²) >= 11 is 0. The number of nitrogens with two attached hydrogens (primary N) is 1. The van der Waals surface area contributed by atoms with Gasteiger partial charge >= 0.3 is 0 Å². The van der Waals surface area contributed by atoms with Gasteiger partial charge in [-0.15, -0.1) is 0 Å². The Morgan fingerprint density at radius 1 is 1.33 bits per heavy atom. The molecule has 0 aliphatic carbocycles. The lowest BCUT2D eigenvalue weighted by Crippen LogP contribution is -2.44. The maximum Gasteiger partial charge on any atom is 0.249 e. The van der Waals surface area contributed by atoms with Gasteiger partial charge in [-0.05, 0) is 31.5 Å². The number of anilines is 1. The van der Waals surface area contributed by atoms with Crippen molar-refractivity contribution in [1.82, 2.24) is 15.2 Å². The number of amides is 1.